The van der Waals surface area contributed by atoms with Gasteiger partial charge in [-0.25, -0.2) is 4.98 Å². The maximum Gasteiger partial charge on any atom is 0.225 e. The van der Waals surface area contributed by atoms with E-state index in [-0.39, 0.29) is 30.7 Å². The molecule has 0 aliphatic heterocycles. The van der Waals surface area contributed by atoms with E-state index in [1.807, 2.05) is 39.1 Å². The second kappa shape index (κ2) is 10.9. The van der Waals surface area contributed by atoms with Crippen molar-refractivity contribution in [3.63, 3.8) is 0 Å². The van der Waals surface area contributed by atoms with Gasteiger partial charge in [-0.3, -0.25) is 4.79 Å². The Hall–Kier alpha value is -1.82. The van der Waals surface area contributed by atoms with E-state index < -0.39 is 0 Å². The molecule has 0 saturated carbocycles. The number of anilines is 1. The van der Waals surface area contributed by atoms with Gasteiger partial charge in [-0.05, 0) is 44.2 Å². The lowest BCUT2D eigenvalue weighted by Crippen LogP contribution is -2.18. The van der Waals surface area contributed by atoms with Crippen LogP contribution in [0.25, 0.3) is 0 Å². The number of rotatable bonds is 6. The molecular formula is C17H23Cl2N3O2. The fraction of sp³-hybridized carbons (Fsp3) is 0.294. The van der Waals surface area contributed by atoms with Crippen LogP contribution >= 0.6 is 24.8 Å². The van der Waals surface area contributed by atoms with Crippen molar-refractivity contribution >= 4 is 36.4 Å². The largest absolute Gasteiger partial charge is 0.439 e. The molecule has 0 bridgehead atoms. The molecule has 132 valence electrons. The number of carbonyl (C=O) groups excluding carboxylic acids is 1. The van der Waals surface area contributed by atoms with Crippen molar-refractivity contribution in [1.82, 2.24) is 10.3 Å². The van der Waals surface area contributed by atoms with Crippen LogP contribution in [0, 0.1) is 13.8 Å². The van der Waals surface area contributed by atoms with Gasteiger partial charge in [0.1, 0.15) is 5.75 Å². The summed E-state index contributed by atoms with van der Waals surface area (Å²) in [7, 11) is 1.81. The van der Waals surface area contributed by atoms with Crippen LogP contribution in [-0.4, -0.2) is 24.5 Å². The number of nitrogens with zero attached hydrogens (tertiary/aromatic N) is 1. The van der Waals surface area contributed by atoms with Crippen molar-refractivity contribution in [1.29, 1.82) is 0 Å². The number of aromatic nitrogens is 1. The van der Waals surface area contributed by atoms with Crippen molar-refractivity contribution in [2.24, 2.45) is 0 Å². The smallest absolute Gasteiger partial charge is 0.225 e. The Kier molecular flexibility index (Phi) is 10.0. The maximum absolute atomic E-state index is 11.6. The molecule has 1 aromatic heterocycles. The fourth-order valence-electron chi connectivity index (χ4n) is 1.92. The van der Waals surface area contributed by atoms with E-state index in [0.717, 1.165) is 11.3 Å². The van der Waals surface area contributed by atoms with Gasteiger partial charge in [-0.2, -0.15) is 0 Å². The summed E-state index contributed by atoms with van der Waals surface area (Å²) >= 11 is 0. The van der Waals surface area contributed by atoms with Gasteiger partial charge in [0.05, 0.1) is 11.9 Å². The minimum absolute atomic E-state index is 0. The normalized spacial score (nSPS) is 9.46. The zero-order valence-corrected chi connectivity index (χ0v) is 15.6. The predicted octanol–water partition coefficient (Wildman–Crippen LogP) is 3.88. The number of carbonyl (C=O) groups is 1. The quantitative estimate of drug-likeness (QED) is 0.808. The Balaban J connectivity index is 0.00000264. The third kappa shape index (κ3) is 6.35. The zero-order valence-electron chi connectivity index (χ0n) is 14.0. The first-order valence-corrected chi connectivity index (χ1v) is 7.24. The SMILES string of the molecule is CNCCC(=O)Nc1ccc(Oc2cccc(C)c2C)nc1.Cl.Cl. The minimum atomic E-state index is -0.0423. The topological polar surface area (TPSA) is 63.2 Å². The Morgan fingerprint density at radius 1 is 1.17 bits per heavy atom. The number of aryl methyl sites for hydroxylation is 1. The van der Waals surface area contributed by atoms with Gasteiger partial charge in [0.25, 0.3) is 0 Å². The van der Waals surface area contributed by atoms with Crippen LogP contribution in [0.3, 0.4) is 0 Å². The molecule has 7 heteroatoms. The highest BCUT2D eigenvalue weighted by Crippen LogP contribution is 2.26. The molecule has 0 radical (unpaired) electrons. The number of hydrogen-bond acceptors (Lipinski definition) is 4. The maximum atomic E-state index is 11.6. The number of nitrogens with one attached hydrogen (secondary N) is 2. The van der Waals surface area contributed by atoms with Gasteiger partial charge in [0.15, 0.2) is 0 Å². The van der Waals surface area contributed by atoms with Crippen LogP contribution in [-0.2, 0) is 4.79 Å². The first-order valence-electron chi connectivity index (χ1n) is 7.24. The third-order valence-electron chi connectivity index (χ3n) is 3.39. The van der Waals surface area contributed by atoms with E-state index in [2.05, 4.69) is 15.6 Å². The van der Waals surface area contributed by atoms with Gasteiger partial charge in [-0.1, -0.05) is 12.1 Å². The van der Waals surface area contributed by atoms with E-state index in [0.29, 0.717) is 24.5 Å². The number of ether oxygens (including phenoxy) is 1. The van der Waals surface area contributed by atoms with Gasteiger partial charge in [0.2, 0.25) is 11.8 Å². The number of halogens is 2. The van der Waals surface area contributed by atoms with E-state index in [4.69, 9.17) is 4.74 Å². The molecule has 0 saturated heterocycles. The van der Waals surface area contributed by atoms with Crippen LogP contribution in [0.2, 0.25) is 0 Å². The van der Waals surface area contributed by atoms with Crippen LogP contribution in [0.4, 0.5) is 5.69 Å². The number of hydrogen-bond donors (Lipinski definition) is 2. The van der Waals surface area contributed by atoms with E-state index in [1.54, 1.807) is 18.3 Å². The second-order valence-electron chi connectivity index (χ2n) is 5.09. The molecule has 5 nitrogen and oxygen atoms in total. The molecule has 24 heavy (non-hydrogen) atoms. The van der Waals surface area contributed by atoms with Gasteiger partial charge < -0.3 is 15.4 Å². The summed E-state index contributed by atoms with van der Waals surface area (Å²) in [6.07, 6.45) is 2.02. The molecular weight excluding hydrogens is 349 g/mol. The summed E-state index contributed by atoms with van der Waals surface area (Å²) in [5, 5.41) is 5.73. The highest BCUT2D eigenvalue weighted by Gasteiger charge is 2.06. The van der Waals surface area contributed by atoms with E-state index >= 15 is 0 Å². The summed E-state index contributed by atoms with van der Waals surface area (Å²) in [5.41, 5.74) is 2.93. The summed E-state index contributed by atoms with van der Waals surface area (Å²) in [4.78, 5) is 15.8. The molecule has 1 aromatic carbocycles. The lowest BCUT2D eigenvalue weighted by atomic mass is 10.1. The zero-order chi connectivity index (χ0) is 15.9. The molecule has 0 fully saturated rings. The van der Waals surface area contributed by atoms with E-state index in [1.165, 1.54) is 5.56 Å². The summed E-state index contributed by atoms with van der Waals surface area (Å²) < 4.78 is 5.78. The molecule has 0 aliphatic rings. The van der Waals surface area contributed by atoms with Crippen LogP contribution in [0.1, 0.15) is 17.5 Å². The standard InChI is InChI=1S/C17H21N3O2.2ClH/c1-12-5-4-6-15(13(12)2)22-17-8-7-14(11-19-17)20-16(21)9-10-18-3;;/h4-8,11,18H,9-10H2,1-3H3,(H,20,21);2*1H. The fourth-order valence-corrected chi connectivity index (χ4v) is 1.92. The Bertz CT molecular complexity index is 649. The highest BCUT2D eigenvalue weighted by atomic mass is 35.5. The molecule has 2 N–H and O–H groups in total. The van der Waals surface area contributed by atoms with Gasteiger partial charge >= 0.3 is 0 Å². The first-order chi connectivity index (χ1) is 10.6. The second-order valence-corrected chi connectivity index (χ2v) is 5.09. The molecule has 2 rings (SSSR count). The van der Waals surface area contributed by atoms with Crippen molar-refractivity contribution in [3.05, 3.63) is 47.7 Å². The van der Waals surface area contributed by atoms with Gasteiger partial charge in [-0.15, -0.1) is 24.8 Å². The molecule has 1 amide bonds. The Labute approximate surface area is 155 Å². The van der Waals surface area contributed by atoms with Crippen molar-refractivity contribution in [2.45, 2.75) is 20.3 Å². The van der Waals surface area contributed by atoms with Crippen LogP contribution in [0.15, 0.2) is 36.5 Å². The van der Waals surface area contributed by atoms with Gasteiger partial charge in [0, 0.05) is 19.0 Å². The number of benzene rings is 1. The molecule has 2 aromatic rings. The summed E-state index contributed by atoms with van der Waals surface area (Å²) in [6, 6.07) is 9.44. The molecule has 0 aliphatic carbocycles. The van der Waals surface area contributed by atoms with Crippen molar-refractivity contribution < 1.29 is 9.53 Å². The lowest BCUT2D eigenvalue weighted by molar-refractivity contribution is -0.116. The van der Waals surface area contributed by atoms with Crippen molar-refractivity contribution in [2.75, 3.05) is 18.9 Å². The monoisotopic (exact) mass is 371 g/mol. The average Bonchev–Trinajstić information content (AvgIpc) is 2.51. The van der Waals surface area contributed by atoms with E-state index in [9.17, 15) is 4.79 Å². The first kappa shape index (κ1) is 22.2. The summed E-state index contributed by atoms with van der Waals surface area (Å²) in [6.45, 7) is 4.70. The minimum Gasteiger partial charge on any atom is -0.439 e. The van der Waals surface area contributed by atoms with Crippen molar-refractivity contribution in [3.8, 4) is 11.6 Å². The highest BCUT2D eigenvalue weighted by molar-refractivity contribution is 5.90. The predicted molar refractivity (Wildman–Crippen MR) is 102 cm³/mol. The molecule has 0 spiro atoms. The lowest BCUT2D eigenvalue weighted by Gasteiger charge is -2.10. The Morgan fingerprint density at radius 2 is 1.92 bits per heavy atom. The number of pyridine rings is 1. The number of amides is 1. The summed E-state index contributed by atoms with van der Waals surface area (Å²) in [5.74, 6) is 1.25. The van der Waals surface area contributed by atoms with Crippen LogP contribution in [0.5, 0.6) is 11.6 Å². The third-order valence-corrected chi connectivity index (χ3v) is 3.39. The average molecular weight is 372 g/mol. The van der Waals surface area contributed by atoms with Crippen LogP contribution < -0.4 is 15.4 Å². The molecule has 1 heterocycles. The molecule has 0 unspecified atom stereocenters. The molecule has 0 atom stereocenters. The Morgan fingerprint density at radius 3 is 2.54 bits per heavy atom.